The zero-order chi connectivity index (χ0) is 14.3. The molecule has 0 unspecified atom stereocenters. The maximum Gasteiger partial charge on any atom is 1.00 e. The zero-order valence-corrected chi connectivity index (χ0v) is 15.5. The van der Waals surface area contributed by atoms with E-state index in [2.05, 4.69) is 0 Å². The molecule has 0 heterocycles. The summed E-state index contributed by atoms with van der Waals surface area (Å²) in [6.45, 7) is 0. The van der Waals surface area contributed by atoms with Crippen molar-refractivity contribution in [2.45, 2.75) is 0 Å². The number of hydrogen-bond donors (Lipinski definition) is 8. The molecule has 12 nitrogen and oxygen atoms in total. The number of hydrogen-bond acceptors (Lipinski definition) is 4. The third kappa shape index (κ3) is 31000. The Morgan fingerprint density at radius 2 is 0.444 bits per heavy atom. The van der Waals surface area contributed by atoms with Gasteiger partial charge in [0.25, 0.3) is 0 Å². The van der Waals surface area contributed by atoms with Crippen molar-refractivity contribution in [3.8, 4) is 0 Å². The molecule has 0 bridgehead atoms. The van der Waals surface area contributed by atoms with E-state index < -0.39 is 24.6 Å². The van der Waals surface area contributed by atoms with Crippen LogP contribution in [0.1, 0.15) is 2.85 Å². The van der Waals surface area contributed by atoms with Crippen LogP contribution in [0.25, 0.3) is 0 Å². The van der Waals surface area contributed by atoms with Crippen molar-refractivity contribution in [3.05, 3.63) is 0 Å². The standard InChI is InChI=1S/4CH2O3.2K.2H/c4*2-1(3)4;;;;/h4*(H2,2,3,4);;;;/q;;;;2*+1;2*-1. The van der Waals surface area contributed by atoms with Gasteiger partial charge in [-0.2, -0.15) is 0 Å². The Morgan fingerprint density at radius 1 is 0.444 bits per heavy atom. The summed E-state index contributed by atoms with van der Waals surface area (Å²) in [5.41, 5.74) is 0. The Bertz CT molecular complexity index is 171. The van der Waals surface area contributed by atoms with Crippen LogP contribution in [0.3, 0.4) is 0 Å². The van der Waals surface area contributed by atoms with Gasteiger partial charge in [-0.15, -0.1) is 0 Å². The van der Waals surface area contributed by atoms with E-state index in [0.29, 0.717) is 0 Å². The number of rotatable bonds is 0. The molecule has 0 radical (unpaired) electrons. The van der Waals surface area contributed by atoms with Gasteiger partial charge in [-0.05, 0) is 0 Å². The predicted molar refractivity (Wildman–Crippen MR) is 44.8 cm³/mol. The Balaban J connectivity index is -0.0000000150. The summed E-state index contributed by atoms with van der Waals surface area (Å²) in [7, 11) is 0. The van der Waals surface area contributed by atoms with E-state index in [9.17, 15) is 0 Å². The van der Waals surface area contributed by atoms with Gasteiger partial charge in [0, 0.05) is 0 Å². The molecule has 0 amide bonds. The molecule has 0 saturated heterocycles. The molecule has 18 heavy (non-hydrogen) atoms. The molecule has 0 saturated carbocycles. The zero-order valence-electron chi connectivity index (χ0n) is 11.2. The fraction of sp³-hybridized carbons (Fsp3) is 0. The molecule has 0 aromatic heterocycles. The average Bonchev–Trinajstić information content (AvgIpc) is 1.76. The van der Waals surface area contributed by atoms with Gasteiger partial charge in [-0.25, -0.2) is 19.2 Å². The van der Waals surface area contributed by atoms with Crippen LogP contribution in [-0.4, -0.2) is 65.5 Å². The third-order valence-corrected chi connectivity index (χ3v) is 0. The van der Waals surface area contributed by atoms with E-state index in [4.69, 9.17) is 60.0 Å². The fourth-order valence-corrected chi connectivity index (χ4v) is 0. The molecule has 14 heteroatoms. The third-order valence-electron chi connectivity index (χ3n) is 0. The second-order valence-corrected chi connectivity index (χ2v) is 1.13. The first-order chi connectivity index (χ1) is 6.93. The maximum atomic E-state index is 8.56. The van der Waals surface area contributed by atoms with Crippen LogP contribution in [0.5, 0.6) is 0 Å². The normalized spacial score (nSPS) is 5.33. The van der Waals surface area contributed by atoms with E-state index >= 15 is 0 Å². The fourth-order valence-electron chi connectivity index (χ4n) is 0. The Hall–Kier alpha value is 0.353. The Kier molecular flexibility index (Phi) is 61.2. The topological polar surface area (TPSA) is 230 Å². The molecular weight excluding hydrogens is 318 g/mol. The minimum absolute atomic E-state index is 0. The second-order valence-electron chi connectivity index (χ2n) is 1.13. The summed E-state index contributed by atoms with van der Waals surface area (Å²) in [5, 5.41) is 55.8. The molecule has 0 aliphatic carbocycles. The SMILES string of the molecule is O=C(O)O.O=C(O)O.O=C(O)O.O=C(O)O.[H-].[H-].[K+].[K+]. The van der Waals surface area contributed by atoms with Crippen LogP contribution >= 0.6 is 0 Å². The van der Waals surface area contributed by atoms with Gasteiger partial charge in [0.05, 0.1) is 0 Å². The molecule has 8 N–H and O–H groups in total. The van der Waals surface area contributed by atoms with Crippen molar-refractivity contribution in [1.29, 1.82) is 0 Å². The first kappa shape index (κ1) is 36.2. The van der Waals surface area contributed by atoms with E-state index in [1.54, 1.807) is 0 Å². The largest absolute Gasteiger partial charge is 1.00 e. The first-order valence-corrected chi connectivity index (χ1v) is 2.61. The molecule has 0 rings (SSSR count). The first-order valence-electron chi connectivity index (χ1n) is 2.61. The Labute approximate surface area is 187 Å². The molecule has 0 fully saturated rings. The van der Waals surface area contributed by atoms with Crippen LogP contribution < -0.4 is 103 Å². The molecular formula is C4H10K2O12. The van der Waals surface area contributed by atoms with Crippen molar-refractivity contribution >= 4 is 24.6 Å². The van der Waals surface area contributed by atoms with Gasteiger partial charge in [0.2, 0.25) is 0 Å². The summed E-state index contributed by atoms with van der Waals surface area (Å²) >= 11 is 0. The van der Waals surface area contributed by atoms with Gasteiger partial charge in [0.15, 0.2) is 0 Å². The van der Waals surface area contributed by atoms with E-state index in [0.717, 1.165) is 0 Å². The molecule has 0 aliphatic rings. The van der Waals surface area contributed by atoms with Crippen molar-refractivity contribution in [2.24, 2.45) is 0 Å². The number of carbonyl (C=O) groups is 4. The predicted octanol–water partition coefficient (Wildman–Crippen LogP) is -4.88. The minimum atomic E-state index is -1.83. The van der Waals surface area contributed by atoms with Crippen LogP contribution in [0.4, 0.5) is 19.2 Å². The summed E-state index contributed by atoms with van der Waals surface area (Å²) in [5.74, 6) is 0. The van der Waals surface area contributed by atoms with Crippen LogP contribution in [0.2, 0.25) is 0 Å². The molecule has 0 aliphatic heterocycles. The van der Waals surface area contributed by atoms with Crippen LogP contribution in [0, 0.1) is 0 Å². The molecule has 100 valence electrons. The van der Waals surface area contributed by atoms with Crippen molar-refractivity contribution < 1.29 is 166 Å². The Morgan fingerprint density at radius 3 is 0.444 bits per heavy atom. The minimum Gasteiger partial charge on any atom is -1.00 e. The number of carboxylic acid groups (broad SMARTS) is 8. The molecule has 0 aromatic rings. The summed E-state index contributed by atoms with van der Waals surface area (Å²) in [6, 6.07) is 0. The average molecular weight is 328 g/mol. The van der Waals surface area contributed by atoms with Gasteiger partial charge >= 0.3 is 127 Å². The van der Waals surface area contributed by atoms with E-state index in [1.807, 2.05) is 0 Å². The van der Waals surface area contributed by atoms with Gasteiger partial charge in [-0.3, -0.25) is 0 Å². The van der Waals surface area contributed by atoms with E-state index in [1.165, 1.54) is 0 Å². The van der Waals surface area contributed by atoms with Gasteiger partial charge < -0.3 is 43.7 Å². The maximum absolute atomic E-state index is 8.56. The molecule has 0 aromatic carbocycles. The second kappa shape index (κ2) is 30.4. The van der Waals surface area contributed by atoms with Crippen molar-refractivity contribution in [1.82, 2.24) is 0 Å². The summed E-state index contributed by atoms with van der Waals surface area (Å²) in [6.07, 6.45) is -7.33. The van der Waals surface area contributed by atoms with Crippen molar-refractivity contribution in [3.63, 3.8) is 0 Å². The van der Waals surface area contributed by atoms with Crippen LogP contribution in [-0.2, 0) is 0 Å². The van der Waals surface area contributed by atoms with Gasteiger partial charge in [-0.1, -0.05) is 0 Å². The van der Waals surface area contributed by atoms with Crippen LogP contribution in [0.15, 0.2) is 0 Å². The van der Waals surface area contributed by atoms with Crippen molar-refractivity contribution in [2.75, 3.05) is 0 Å². The summed E-state index contributed by atoms with van der Waals surface area (Å²) in [4.78, 5) is 34.2. The smallest absolute Gasteiger partial charge is 1.00 e. The monoisotopic (exact) mass is 328 g/mol. The van der Waals surface area contributed by atoms with Gasteiger partial charge in [0.1, 0.15) is 0 Å². The quantitative estimate of drug-likeness (QED) is 0.195. The summed E-state index contributed by atoms with van der Waals surface area (Å²) < 4.78 is 0. The van der Waals surface area contributed by atoms with E-state index in [-0.39, 0.29) is 106 Å². The molecule has 0 atom stereocenters. The molecule has 0 spiro atoms.